The lowest BCUT2D eigenvalue weighted by Crippen LogP contribution is -2.10. The number of hydrogen-bond donors (Lipinski definition) is 0. The lowest BCUT2D eigenvalue weighted by molar-refractivity contribution is 0.0526. The van der Waals surface area contributed by atoms with Gasteiger partial charge < -0.3 is 9.30 Å². The van der Waals surface area contributed by atoms with Crippen LogP contribution in [0.15, 0.2) is 36.5 Å². The van der Waals surface area contributed by atoms with Gasteiger partial charge in [0, 0.05) is 11.9 Å². The third-order valence-electron chi connectivity index (χ3n) is 2.53. The Balaban J connectivity index is 2.48. The smallest absolute Gasteiger partial charge is 0.340 e. The van der Waals surface area contributed by atoms with Gasteiger partial charge in [0.15, 0.2) is 0 Å². The Morgan fingerprint density at radius 1 is 1.41 bits per heavy atom. The summed E-state index contributed by atoms with van der Waals surface area (Å²) in [5.41, 5.74) is 2.33. The fourth-order valence-corrected chi connectivity index (χ4v) is 1.73. The van der Waals surface area contributed by atoms with E-state index in [0.717, 1.165) is 11.4 Å². The van der Waals surface area contributed by atoms with Crippen molar-refractivity contribution >= 4 is 5.97 Å². The molecule has 0 spiro atoms. The molecule has 0 unspecified atom stereocenters. The number of esters is 1. The molecule has 0 aliphatic carbocycles. The average Bonchev–Trinajstić information content (AvgIpc) is 2.76. The summed E-state index contributed by atoms with van der Waals surface area (Å²) in [6, 6.07) is 12.3. The molecule has 0 amide bonds. The van der Waals surface area contributed by atoms with Crippen molar-refractivity contribution in [2.24, 2.45) is 0 Å². The maximum atomic E-state index is 11.8. The largest absolute Gasteiger partial charge is 0.462 e. The maximum Gasteiger partial charge on any atom is 0.340 e. The lowest BCUT2D eigenvalue weighted by Gasteiger charge is -2.11. The number of carbonyl (C=O) groups excluding carboxylic acids is 1. The van der Waals surface area contributed by atoms with Crippen LogP contribution in [0.3, 0.4) is 0 Å². The molecule has 0 saturated heterocycles. The minimum Gasteiger partial charge on any atom is -0.462 e. The van der Waals surface area contributed by atoms with E-state index in [1.807, 2.05) is 42.0 Å². The first kappa shape index (κ1) is 11.5. The fraction of sp³-hybridized carbons (Fsp3) is 0.214. The van der Waals surface area contributed by atoms with E-state index in [1.54, 1.807) is 13.0 Å². The standard InChI is InChI=1S/C14H14NO2/c1-3-17-14(16)12-8-4-5-9-13(12)15-10-6-7-11(15)2/h4-7,9-10H,3H2,1-2H3. The molecule has 1 aromatic heterocycles. The van der Waals surface area contributed by atoms with Crippen LogP contribution in [-0.2, 0) is 4.74 Å². The van der Waals surface area contributed by atoms with Crippen molar-refractivity contribution in [3.05, 3.63) is 53.9 Å². The number of ether oxygens (including phenoxy) is 1. The summed E-state index contributed by atoms with van der Waals surface area (Å²) in [6.45, 7) is 4.15. The van der Waals surface area contributed by atoms with E-state index in [2.05, 4.69) is 6.07 Å². The summed E-state index contributed by atoms with van der Waals surface area (Å²) in [7, 11) is 0. The predicted octanol–water partition coefficient (Wildman–Crippen LogP) is 2.76. The van der Waals surface area contributed by atoms with Crippen LogP contribution < -0.4 is 0 Å². The molecular weight excluding hydrogens is 214 g/mol. The van der Waals surface area contributed by atoms with Crippen LogP contribution >= 0.6 is 0 Å². The van der Waals surface area contributed by atoms with Crippen LogP contribution in [0.2, 0.25) is 0 Å². The number of hydrogen-bond acceptors (Lipinski definition) is 2. The predicted molar refractivity (Wildman–Crippen MR) is 65.3 cm³/mol. The molecular formula is C14H14NO2. The van der Waals surface area contributed by atoms with Crippen molar-refractivity contribution in [1.29, 1.82) is 0 Å². The SMILES string of the molecule is CCOC(=O)c1[c]cccc1-n1cccc1C. The second-order valence-electron chi connectivity index (χ2n) is 3.67. The van der Waals surface area contributed by atoms with E-state index in [1.165, 1.54) is 0 Å². The number of benzene rings is 1. The van der Waals surface area contributed by atoms with Gasteiger partial charge in [-0.15, -0.1) is 0 Å². The Bertz CT molecular complexity index is 529. The quantitative estimate of drug-likeness (QED) is 0.756. The monoisotopic (exact) mass is 228 g/mol. The molecule has 1 radical (unpaired) electrons. The number of carbonyl (C=O) groups is 1. The molecule has 0 saturated carbocycles. The molecule has 2 aromatic rings. The molecule has 0 aliphatic heterocycles. The molecule has 87 valence electrons. The number of aryl methyl sites for hydroxylation is 1. The zero-order chi connectivity index (χ0) is 12.3. The van der Waals surface area contributed by atoms with Crippen molar-refractivity contribution in [2.75, 3.05) is 6.61 Å². The molecule has 0 aliphatic rings. The van der Waals surface area contributed by atoms with Gasteiger partial charge in [-0.25, -0.2) is 4.79 Å². The Labute approximate surface area is 101 Å². The van der Waals surface area contributed by atoms with Crippen molar-refractivity contribution in [1.82, 2.24) is 4.57 Å². The van der Waals surface area contributed by atoms with Gasteiger partial charge in [0.2, 0.25) is 0 Å². The van der Waals surface area contributed by atoms with Gasteiger partial charge in [-0.1, -0.05) is 12.1 Å². The summed E-state index contributed by atoms with van der Waals surface area (Å²) in [4.78, 5) is 11.8. The third-order valence-corrected chi connectivity index (χ3v) is 2.53. The van der Waals surface area contributed by atoms with E-state index in [-0.39, 0.29) is 5.97 Å². The van der Waals surface area contributed by atoms with Crippen molar-refractivity contribution in [3.63, 3.8) is 0 Å². The first-order valence-corrected chi connectivity index (χ1v) is 5.56. The van der Waals surface area contributed by atoms with Crippen LogP contribution in [0, 0.1) is 13.0 Å². The van der Waals surface area contributed by atoms with Crippen LogP contribution in [0.25, 0.3) is 5.69 Å². The minimum atomic E-state index is -0.337. The summed E-state index contributed by atoms with van der Waals surface area (Å²) in [6.07, 6.45) is 1.92. The van der Waals surface area contributed by atoms with Gasteiger partial charge in [0.1, 0.15) is 0 Å². The van der Waals surface area contributed by atoms with E-state index < -0.39 is 0 Å². The molecule has 0 fully saturated rings. The normalized spacial score (nSPS) is 10.2. The Hall–Kier alpha value is -2.03. The summed E-state index contributed by atoms with van der Waals surface area (Å²) >= 11 is 0. The Kier molecular flexibility index (Phi) is 3.28. The van der Waals surface area contributed by atoms with E-state index >= 15 is 0 Å². The average molecular weight is 228 g/mol. The van der Waals surface area contributed by atoms with Gasteiger partial charge in [0.25, 0.3) is 0 Å². The van der Waals surface area contributed by atoms with Gasteiger partial charge >= 0.3 is 5.97 Å². The highest BCUT2D eigenvalue weighted by Crippen LogP contribution is 2.17. The Morgan fingerprint density at radius 2 is 2.24 bits per heavy atom. The molecule has 2 rings (SSSR count). The third kappa shape index (κ3) is 2.23. The van der Waals surface area contributed by atoms with Gasteiger partial charge in [-0.3, -0.25) is 0 Å². The topological polar surface area (TPSA) is 31.2 Å². The number of nitrogens with zero attached hydrogens (tertiary/aromatic N) is 1. The Morgan fingerprint density at radius 3 is 2.88 bits per heavy atom. The zero-order valence-corrected chi connectivity index (χ0v) is 9.93. The summed E-state index contributed by atoms with van der Waals surface area (Å²) in [5, 5.41) is 0. The first-order chi connectivity index (χ1) is 8.24. The van der Waals surface area contributed by atoms with Crippen LogP contribution in [0.1, 0.15) is 23.0 Å². The first-order valence-electron chi connectivity index (χ1n) is 5.56. The molecule has 0 bridgehead atoms. The molecule has 0 N–H and O–H groups in total. The van der Waals surface area contributed by atoms with Gasteiger partial charge in [0.05, 0.1) is 17.9 Å². The molecule has 17 heavy (non-hydrogen) atoms. The minimum absolute atomic E-state index is 0.337. The highest BCUT2D eigenvalue weighted by molar-refractivity contribution is 5.93. The molecule has 3 heteroatoms. The van der Waals surface area contributed by atoms with Crippen LogP contribution in [0.5, 0.6) is 0 Å². The lowest BCUT2D eigenvalue weighted by atomic mass is 10.1. The van der Waals surface area contributed by atoms with Gasteiger partial charge in [-0.05, 0) is 38.1 Å². The zero-order valence-electron chi connectivity index (χ0n) is 9.93. The van der Waals surface area contributed by atoms with Crippen LogP contribution in [-0.4, -0.2) is 17.1 Å². The number of aromatic nitrogens is 1. The maximum absolute atomic E-state index is 11.8. The second kappa shape index (κ2) is 4.87. The van der Waals surface area contributed by atoms with Crippen molar-refractivity contribution < 1.29 is 9.53 Å². The van der Waals surface area contributed by atoms with Gasteiger partial charge in [-0.2, -0.15) is 0 Å². The van der Waals surface area contributed by atoms with Crippen molar-refractivity contribution in [2.45, 2.75) is 13.8 Å². The number of rotatable bonds is 3. The molecule has 1 aromatic carbocycles. The molecule has 0 atom stereocenters. The summed E-state index contributed by atoms with van der Waals surface area (Å²) in [5.74, 6) is -0.337. The van der Waals surface area contributed by atoms with E-state index in [0.29, 0.717) is 12.2 Å². The molecule has 3 nitrogen and oxygen atoms in total. The highest BCUT2D eigenvalue weighted by atomic mass is 16.5. The molecule has 1 heterocycles. The van der Waals surface area contributed by atoms with E-state index in [4.69, 9.17) is 4.74 Å². The highest BCUT2D eigenvalue weighted by Gasteiger charge is 2.13. The van der Waals surface area contributed by atoms with Crippen molar-refractivity contribution in [3.8, 4) is 5.69 Å². The summed E-state index contributed by atoms with van der Waals surface area (Å²) < 4.78 is 6.97. The van der Waals surface area contributed by atoms with Crippen LogP contribution in [0.4, 0.5) is 0 Å². The second-order valence-corrected chi connectivity index (χ2v) is 3.67. The van der Waals surface area contributed by atoms with E-state index in [9.17, 15) is 4.79 Å². The fourth-order valence-electron chi connectivity index (χ4n) is 1.73.